The normalized spacial score (nSPS) is 16.3. The number of nitrogens with zero attached hydrogens (tertiary/aromatic N) is 1. The first-order chi connectivity index (χ1) is 11.4. The summed E-state index contributed by atoms with van der Waals surface area (Å²) in [5.74, 6) is -2.18. The largest absolute Gasteiger partial charge is 0.355 e. The lowest BCUT2D eigenvalue weighted by atomic mass is 9.97. The van der Waals surface area contributed by atoms with Crippen LogP contribution in [0, 0.1) is 17.6 Å². The lowest BCUT2D eigenvalue weighted by Crippen LogP contribution is -2.44. The number of hydrogen-bond donors (Lipinski definition) is 2. The summed E-state index contributed by atoms with van der Waals surface area (Å²) in [5.41, 5.74) is 0. The fourth-order valence-electron chi connectivity index (χ4n) is 2.63. The van der Waals surface area contributed by atoms with E-state index in [2.05, 4.69) is 10.6 Å². The molecule has 1 fully saturated rings. The van der Waals surface area contributed by atoms with Gasteiger partial charge in [0.05, 0.1) is 0 Å². The van der Waals surface area contributed by atoms with Gasteiger partial charge in [-0.25, -0.2) is 17.2 Å². The Hall–Kier alpha value is -1.29. The van der Waals surface area contributed by atoms with Crippen molar-refractivity contribution in [2.75, 3.05) is 33.2 Å². The average Bonchev–Trinajstić information content (AvgIpc) is 2.57. The molecule has 1 aliphatic heterocycles. The van der Waals surface area contributed by atoms with Crippen LogP contribution >= 0.6 is 12.4 Å². The number of carbonyl (C=O) groups is 1. The van der Waals surface area contributed by atoms with E-state index in [9.17, 15) is 22.0 Å². The molecule has 1 aromatic carbocycles. The van der Waals surface area contributed by atoms with Gasteiger partial charge in [-0.3, -0.25) is 4.79 Å². The van der Waals surface area contributed by atoms with E-state index in [4.69, 9.17) is 0 Å². The number of piperidine rings is 1. The highest BCUT2D eigenvalue weighted by Crippen LogP contribution is 2.26. The molecule has 0 spiro atoms. The molecule has 2 rings (SSSR count). The number of nitrogens with one attached hydrogen (secondary N) is 2. The monoisotopic (exact) mass is 397 g/mol. The first-order valence-corrected chi connectivity index (χ1v) is 9.17. The van der Waals surface area contributed by atoms with Gasteiger partial charge in [-0.1, -0.05) is 0 Å². The number of likely N-dealkylation sites (N-methyl/N-ethyl adjacent to an activating group) is 1. The van der Waals surface area contributed by atoms with E-state index in [0.717, 1.165) is 16.4 Å². The molecule has 1 aromatic rings. The molecule has 10 heteroatoms. The van der Waals surface area contributed by atoms with Crippen molar-refractivity contribution in [2.45, 2.75) is 17.7 Å². The Balaban J connectivity index is 0.00000312. The highest BCUT2D eigenvalue weighted by Gasteiger charge is 2.33. The maximum atomic E-state index is 13.8. The zero-order valence-electron chi connectivity index (χ0n) is 13.8. The Morgan fingerprint density at radius 1 is 1.24 bits per heavy atom. The molecule has 0 aromatic heterocycles. The number of hydrogen-bond acceptors (Lipinski definition) is 4. The number of amides is 1. The number of sulfonamides is 1. The Labute approximate surface area is 152 Å². The van der Waals surface area contributed by atoms with Crippen molar-refractivity contribution in [3.05, 3.63) is 29.8 Å². The molecule has 1 saturated heterocycles. The fourth-order valence-corrected chi connectivity index (χ4v) is 4.17. The molecule has 6 nitrogen and oxygen atoms in total. The maximum absolute atomic E-state index is 13.8. The molecule has 0 atom stereocenters. The van der Waals surface area contributed by atoms with E-state index in [1.54, 1.807) is 7.05 Å². The molecule has 0 aliphatic carbocycles. The molecule has 25 heavy (non-hydrogen) atoms. The van der Waals surface area contributed by atoms with Crippen molar-refractivity contribution in [3.63, 3.8) is 0 Å². The summed E-state index contributed by atoms with van der Waals surface area (Å²) in [6, 6.07) is 2.35. The summed E-state index contributed by atoms with van der Waals surface area (Å²) in [7, 11) is -2.33. The number of rotatable bonds is 6. The highest BCUT2D eigenvalue weighted by atomic mass is 35.5. The molecule has 1 amide bonds. The summed E-state index contributed by atoms with van der Waals surface area (Å²) in [6.45, 7) is 1.35. The van der Waals surface area contributed by atoms with E-state index in [1.807, 2.05) is 0 Å². The van der Waals surface area contributed by atoms with Gasteiger partial charge in [-0.05, 0) is 38.1 Å². The van der Waals surface area contributed by atoms with Crippen molar-refractivity contribution in [2.24, 2.45) is 5.92 Å². The van der Waals surface area contributed by atoms with Crippen LogP contribution in [-0.4, -0.2) is 51.9 Å². The minimum atomic E-state index is -4.11. The molecule has 0 bridgehead atoms. The minimum Gasteiger partial charge on any atom is -0.355 e. The number of carbonyl (C=O) groups excluding carboxylic acids is 1. The Morgan fingerprint density at radius 2 is 1.88 bits per heavy atom. The standard InChI is InChI=1S/C15H21F2N3O3S.ClH/c1-18-6-7-19-15(21)11-4-8-20(9-5-11)24(22,23)14-10-12(16)2-3-13(14)17;/h2-3,10-11,18H,4-9H2,1H3,(H,19,21);1H. The number of halogens is 3. The molecule has 142 valence electrons. The lowest BCUT2D eigenvalue weighted by molar-refractivity contribution is -0.126. The Bertz CT molecular complexity index is 695. The zero-order chi connectivity index (χ0) is 17.7. The van der Waals surface area contributed by atoms with Crippen LogP contribution in [0.5, 0.6) is 0 Å². The topological polar surface area (TPSA) is 78.5 Å². The van der Waals surface area contributed by atoms with Crippen molar-refractivity contribution in [1.82, 2.24) is 14.9 Å². The highest BCUT2D eigenvalue weighted by molar-refractivity contribution is 7.89. The van der Waals surface area contributed by atoms with Crippen molar-refractivity contribution < 1.29 is 22.0 Å². The zero-order valence-corrected chi connectivity index (χ0v) is 15.4. The first kappa shape index (κ1) is 21.8. The third-order valence-electron chi connectivity index (χ3n) is 4.01. The average molecular weight is 398 g/mol. The quantitative estimate of drug-likeness (QED) is 0.705. The Morgan fingerprint density at radius 3 is 2.48 bits per heavy atom. The van der Waals surface area contributed by atoms with Crippen molar-refractivity contribution in [1.29, 1.82) is 0 Å². The molecule has 1 aliphatic rings. The molecule has 0 saturated carbocycles. The second-order valence-electron chi connectivity index (χ2n) is 5.65. The van der Waals surface area contributed by atoms with Crippen LogP contribution in [-0.2, 0) is 14.8 Å². The Kier molecular flexibility index (Phi) is 8.20. The lowest BCUT2D eigenvalue weighted by Gasteiger charge is -2.30. The van der Waals surface area contributed by atoms with Gasteiger partial charge in [-0.15, -0.1) is 12.4 Å². The molecule has 1 heterocycles. The van der Waals surface area contributed by atoms with E-state index >= 15 is 0 Å². The van der Waals surface area contributed by atoms with Gasteiger partial charge in [0.2, 0.25) is 15.9 Å². The minimum absolute atomic E-state index is 0. The van der Waals surface area contributed by atoms with Crippen molar-refractivity contribution >= 4 is 28.3 Å². The van der Waals surface area contributed by atoms with Crippen molar-refractivity contribution in [3.8, 4) is 0 Å². The van der Waals surface area contributed by atoms with Gasteiger partial charge in [0.1, 0.15) is 16.5 Å². The van der Waals surface area contributed by atoms with E-state index in [0.29, 0.717) is 32.0 Å². The smallest absolute Gasteiger partial charge is 0.246 e. The third-order valence-corrected chi connectivity index (χ3v) is 5.92. The van der Waals surface area contributed by atoms with Gasteiger partial charge in [0, 0.05) is 32.1 Å². The molecule has 2 N–H and O–H groups in total. The summed E-state index contributed by atoms with van der Waals surface area (Å²) < 4.78 is 53.0. The second-order valence-corrected chi connectivity index (χ2v) is 7.55. The van der Waals surface area contributed by atoms with Gasteiger partial charge < -0.3 is 10.6 Å². The third kappa shape index (κ3) is 5.34. The fraction of sp³-hybridized carbons (Fsp3) is 0.533. The van der Waals surface area contributed by atoms with Gasteiger partial charge in [0.15, 0.2) is 0 Å². The van der Waals surface area contributed by atoms with Gasteiger partial charge >= 0.3 is 0 Å². The van der Waals surface area contributed by atoms with Crippen LogP contribution in [0.3, 0.4) is 0 Å². The predicted molar refractivity (Wildman–Crippen MR) is 92.0 cm³/mol. The number of benzene rings is 1. The predicted octanol–water partition coefficient (Wildman–Crippen LogP) is 1.12. The summed E-state index contributed by atoms with van der Waals surface area (Å²) in [5, 5.41) is 5.69. The van der Waals surface area contributed by atoms with Crippen LogP contribution < -0.4 is 10.6 Å². The van der Waals surface area contributed by atoms with Gasteiger partial charge in [-0.2, -0.15) is 4.31 Å². The SMILES string of the molecule is CNCCNC(=O)C1CCN(S(=O)(=O)c2cc(F)ccc2F)CC1.Cl. The van der Waals surface area contributed by atoms with Gasteiger partial charge in [0.25, 0.3) is 0 Å². The maximum Gasteiger partial charge on any atom is 0.246 e. The molecule has 0 radical (unpaired) electrons. The second kappa shape index (κ2) is 9.42. The van der Waals surface area contributed by atoms with Crippen LogP contribution in [0.1, 0.15) is 12.8 Å². The summed E-state index contributed by atoms with van der Waals surface area (Å²) in [4.78, 5) is 11.3. The van der Waals surface area contributed by atoms with Crippen LogP contribution in [0.4, 0.5) is 8.78 Å². The van der Waals surface area contributed by atoms with E-state index < -0.39 is 26.6 Å². The summed E-state index contributed by atoms with van der Waals surface area (Å²) >= 11 is 0. The molecule has 0 unspecified atom stereocenters. The van der Waals surface area contributed by atoms with Crippen LogP contribution in [0.2, 0.25) is 0 Å². The summed E-state index contributed by atoms with van der Waals surface area (Å²) in [6.07, 6.45) is 0.698. The van der Waals surface area contributed by atoms with E-state index in [1.165, 1.54) is 0 Å². The molecular weight excluding hydrogens is 376 g/mol. The first-order valence-electron chi connectivity index (χ1n) is 7.73. The van der Waals surface area contributed by atoms with Crippen LogP contribution in [0.15, 0.2) is 23.1 Å². The van der Waals surface area contributed by atoms with E-state index in [-0.39, 0.29) is 37.3 Å². The van der Waals surface area contributed by atoms with Crippen LogP contribution in [0.25, 0.3) is 0 Å². The molecular formula is C15H22ClF2N3O3S.